The summed E-state index contributed by atoms with van der Waals surface area (Å²) in [7, 11) is 0. The van der Waals surface area contributed by atoms with Crippen LogP contribution in [0.15, 0.2) is 23.2 Å². The summed E-state index contributed by atoms with van der Waals surface area (Å²) in [6.45, 7) is 2.25. The highest BCUT2D eigenvalue weighted by atomic mass is 32.2. The van der Waals surface area contributed by atoms with Gasteiger partial charge in [-0.1, -0.05) is 13.3 Å². The lowest BCUT2D eigenvalue weighted by molar-refractivity contribution is 0.575. The molecular formula is C13H20N2S. The van der Waals surface area contributed by atoms with Crippen LogP contribution in [0.1, 0.15) is 32.6 Å². The first-order chi connectivity index (χ1) is 7.83. The Hall–Kier alpha value is -0.700. The molecule has 1 aliphatic rings. The summed E-state index contributed by atoms with van der Waals surface area (Å²) < 4.78 is 0. The van der Waals surface area contributed by atoms with Crippen molar-refractivity contribution in [3.63, 3.8) is 0 Å². The number of pyridine rings is 1. The van der Waals surface area contributed by atoms with E-state index in [2.05, 4.69) is 35.6 Å². The van der Waals surface area contributed by atoms with E-state index in [0.29, 0.717) is 6.04 Å². The first kappa shape index (κ1) is 11.8. The van der Waals surface area contributed by atoms with E-state index >= 15 is 0 Å². The molecule has 0 aliphatic heterocycles. The molecule has 0 bridgehead atoms. The maximum absolute atomic E-state index is 4.45. The van der Waals surface area contributed by atoms with Gasteiger partial charge >= 0.3 is 0 Å². The van der Waals surface area contributed by atoms with Gasteiger partial charge in [-0.3, -0.25) is 0 Å². The molecule has 0 radical (unpaired) electrons. The average molecular weight is 236 g/mol. The fraction of sp³-hybridized carbons (Fsp3) is 0.615. The van der Waals surface area contributed by atoms with Gasteiger partial charge in [-0.05, 0) is 43.6 Å². The van der Waals surface area contributed by atoms with Crippen molar-refractivity contribution in [1.82, 2.24) is 4.98 Å². The Balaban J connectivity index is 1.94. The minimum absolute atomic E-state index is 0.637. The van der Waals surface area contributed by atoms with Gasteiger partial charge in [0.15, 0.2) is 0 Å². The molecule has 2 nitrogen and oxygen atoms in total. The monoisotopic (exact) mass is 236 g/mol. The molecule has 1 fully saturated rings. The standard InChI is InChI=1S/C13H20N2S/c1-3-4-12(10-5-6-10)15-13-8-7-11(16-2)9-14-13/h7-10,12H,3-6H2,1-2H3,(H,14,15). The molecule has 1 aromatic rings. The van der Waals surface area contributed by atoms with Crippen molar-refractivity contribution in [2.75, 3.05) is 11.6 Å². The third-order valence-corrected chi connectivity index (χ3v) is 3.81. The van der Waals surface area contributed by atoms with Gasteiger partial charge in [0.1, 0.15) is 5.82 Å². The van der Waals surface area contributed by atoms with Gasteiger partial charge in [-0.15, -0.1) is 11.8 Å². The highest BCUT2D eigenvalue weighted by molar-refractivity contribution is 7.98. The van der Waals surface area contributed by atoms with Crippen LogP contribution in [-0.2, 0) is 0 Å². The average Bonchev–Trinajstić information content (AvgIpc) is 3.13. The Morgan fingerprint density at radius 3 is 2.81 bits per heavy atom. The number of hydrogen-bond donors (Lipinski definition) is 1. The summed E-state index contributed by atoms with van der Waals surface area (Å²) >= 11 is 1.74. The molecule has 1 N–H and O–H groups in total. The van der Waals surface area contributed by atoms with Crippen molar-refractivity contribution < 1.29 is 0 Å². The SMILES string of the molecule is CCCC(Nc1ccc(SC)cn1)C1CC1. The zero-order valence-corrected chi connectivity index (χ0v) is 10.9. The van der Waals surface area contributed by atoms with E-state index in [4.69, 9.17) is 0 Å². The molecule has 1 atom stereocenters. The van der Waals surface area contributed by atoms with E-state index in [1.807, 2.05) is 6.20 Å². The molecule has 0 saturated heterocycles. The summed E-state index contributed by atoms with van der Waals surface area (Å²) in [4.78, 5) is 5.68. The number of hydrogen-bond acceptors (Lipinski definition) is 3. The second-order valence-electron chi connectivity index (χ2n) is 4.46. The Morgan fingerprint density at radius 2 is 2.31 bits per heavy atom. The second-order valence-corrected chi connectivity index (χ2v) is 5.34. The summed E-state index contributed by atoms with van der Waals surface area (Å²) in [5, 5.41) is 3.57. The zero-order valence-electron chi connectivity index (χ0n) is 10.1. The van der Waals surface area contributed by atoms with Crippen LogP contribution in [0.5, 0.6) is 0 Å². The van der Waals surface area contributed by atoms with Crippen molar-refractivity contribution >= 4 is 17.6 Å². The lowest BCUT2D eigenvalue weighted by Crippen LogP contribution is -2.22. The fourth-order valence-electron chi connectivity index (χ4n) is 2.01. The van der Waals surface area contributed by atoms with Gasteiger partial charge in [0, 0.05) is 17.1 Å². The molecule has 1 saturated carbocycles. The number of anilines is 1. The van der Waals surface area contributed by atoms with Gasteiger partial charge in [-0.25, -0.2) is 4.98 Å². The molecule has 3 heteroatoms. The summed E-state index contributed by atoms with van der Waals surface area (Å²) in [5.74, 6) is 1.92. The molecule has 1 unspecified atom stereocenters. The van der Waals surface area contributed by atoms with Crippen molar-refractivity contribution in [3.8, 4) is 0 Å². The van der Waals surface area contributed by atoms with Crippen molar-refractivity contribution in [2.24, 2.45) is 5.92 Å². The van der Waals surface area contributed by atoms with E-state index < -0.39 is 0 Å². The van der Waals surface area contributed by atoms with Crippen LogP contribution in [0.2, 0.25) is 0 Å². The summed E-state index contributed by atoms with van der Waals surface area (Å²) in [5.41, 5.74) is 0. The zero-order chi connectivity index (χ0) is 11.4. The van der Waals surface area contributed by atoms with Crippen LogP contribution in [0.4, 0.5) is 5.82 Å². The van der Waals surface area contributed by atoms with Crippen molar-refractivity contribution in [1.29, 1.82) is 0 Å². The van der Waals surface area contributed by atoms with Gasteiger partial charge in [0.25, 0.3) is 0 Å². The molecule has 0 aromatic carbocycles. The normalized spacial score (nSPS) is 17.1. The Kier molecular flexibility index (Phi) is 4.10. The first-order valence-corrected chi connectivity index (χ1v) is 7.32. The van der Waals surface area contributed by atoms with E-state index in [1.165, 1.54) is 30.6 Å². The van der Waals surface area contributed by atoms with Crippen molar-refractivity contribution in [3.05, 3.63) is 18.3 Å². The number of aromatic nitrogens is 1. The summed E-state index contributed by atoms with van der Waals surface area (Å²) in [6, 6.07) is 4.87. The molecule has 88 valence electrons. The molecule has 0 amide bonds. The Labute approximate surface area is 102 Å². The predicted molar refractivity (Wildman–Crippen MR) is 71.1 cm³/mol. The lowest BCUT2D eigenvalue weighted by atomic mass is 10.1. The first-order valence-electron chi connectivity index (χ1n) is 6.10. The van der Waals surface area contributed by atoms with Crippen LogP contribution in [0.3, 0.4) is 0 Å². The Morgan fingerprint density at radius 1 is 1.50 bits per heavy atom. The van der Waals surface area contributed by atoms with E-state index in [9.17, 15) is 0 Å². The van der Waals surface area contributed by atoms with Crippen LogP contribution in [0.25, 0.3) is 0 Å². The fourth-order valence-corrected chi connectivity index (χ4v) is 2.37. The van der Waals surface area contributed by atoms with Crippen LogP contribution in [-0.4, -0.2) is 17.3 Å². The predicted octanol–water partition coefficient (Wildman–Crippen LogP) is 3.79. The molecule has 1 aromatic heterocycles. The topological polar surface area (TPSA) is 24.9 Å². The molecular weight excluding hydrogens is 216 g/mol. The van der Waals surface area contributed by atoms with E-state index in [-0.39, 0.29) is 0 Å². The van der Waals surface area contributed by atoms with Crippen LogP contribution < -0.4 is 5.32 Å². The molecule has 16 heavy (non-hydrogen) atoms. The molecule has 0 spiro atoms. The largest absolute Gasteiger partial charge is 0.367 e. The highest BCUT2D eigenvalue weighted by Gasteiger charge is 2.30. The maximum atomic E-state index is 4.45. The van der Waals surface area contributed by atoms with Gasteiger partial charge < -0.3 is 5.32 Å². The highest BCUT2D eigenvalue weighted by Crippen LogP contribution is 2.36. The van der Waals surface area contributed by atoms with E-state index in [1.54, 1.807) is 11.8 Å². The maximum Gasteiger partial charge on any atom is 0.126 e. The lowest BCUT2D eigenvalue weighted by Gasteiger charge is -2.18. The van der Waals surface area contributed by atoms with Gasteiger partial charge in [0.05, 0.1) is 0 Å². The number of rotatable bonds is 6. The van der Waals surface area contributed by atoms with Crippen LogP contribution in [0, 0.1) is 5.92 Å². The minimum atomic E-state index is 0.637. The van der Waals surface area contributed by atoms with Crippen molar-refractivity contribution in [2.45, 2.75) is 43.5 Å². The quantitative estimate of drug-likeness (QED) is 0.761. The third kappa shape index (κ3) is 3.14. The van der Waals surface area contributed by atoms with Gasteiger partial charge in [-0.2, -0.15) is 0 Å². The number of thioether (sulfide) groups is 1. The number of nitrogens with one attached hydrogen (secondary N) is 1. The molecule has 1 aliphatic carbocycles. The third-order valence-electron chi connectivity index (χ3n) is 3.10. The van der Waals surface area contributed by atoms with Crippen LogP contribution >= 0.6 is 11.8 Å². The van der Waals surface area contributed by atoms with E-state index in [0.717, 1.165) is 11.7 Å². The smallest absolute Gasteiger partial charge is 0.126 e. The molecule has 1 heterocycles. The van der Waals surface area contributed by atoms with Gasteiger partial charge in [0.2, 0.25) is 0 Å². The summed E-state index contributed by atoms with van der Waals surface area (Å²) in [6.07, 6.45) is 9.31. The molecule has 2 rings (SSSR count). The Bertz CT molecular complexity index is 319. The second kappa shape index (κ2) is 5.58. The minimum Gasteiger partial charge on any atom is -0.367 e. The number of nitrogens with zero attached hydrogens (tertiary/aromatic N) is 1.